The average Bonchev–Trinajstić information content (AvgIpc) is 2.99. The van der Waals surface area contributed by atoms with Crippen molar-refractivity contribution in [2.24, 2.45) is 11.8 Å². The Morgan fingerprint density at radius 1 is 1.21 bits per heavy atom. The van der Waals surface area contributed by atoms with Crippen LogP contribution >= 0.6 is 0 Å². The van der Waals surface area contributed by atoms with Crippen LogP contribution in [-0.2, 0) is 14.9 Å². The van der Waals surface area contributed by atoms with Gasteiger partial charge in [-0.25, -0.2) is 0 Å². The molecule has 5 aliphatic heterocycles. The van der Waals surface area contributed by atoms with Crippen molar-refractivity contribution in [2.75, 3.05) is 38.8 Å². The summed E-state index contributed by atoms with van der Waals surface area (Å²) in [5.41, 5.74) is 3.91. The van der Waals surface area contributed by atoms with Crippen LogP contribution in [-0.4, -0.2) is 62.9 Å². The van der Waals surface area contributed by atoms with Crippen LogP contribution in [0.3, 0.4) is 0 Å². The number of anilines is 1. The van der Waals surface area contributed by atoms with Crippen molar-refractivity contribution < 1.29 is 19.0 Å². The first-order valence-electron chi connectivity index (χ1n) is 10.8. The van der Waals surface area contributed by atoms with Gasteiger partial charge in [0.2, 0.25) is 5.91 Å². The normalized spacial score (nSPS) is 41.0. The van der Waals surface area contributed by atoms with E-state index in [9.17, 15) is 4.79 Å². The third-order valence-electron chi connectivity index (χ3n) is 8.67. The van der Waals surface area contributed by atoms with Gasteiger partial charge in [0.25, 0.3) is 0 Å². The van der Waals surface area contributed by atoms with Gasteiger partial charge in [0.05, 0.1) is 45.1 Å². The van der Waals surface area contributed by atoms with Gasteiger partial charge >= 0.3 is 0 Å². The molecule has 1 spiro atoms. The van der Waals surface area contributed by atoms with E-state index in [1.165, 1.54) is 12.0 Å². The molecule has 1 saturated carbocycles. The summed E-state index contributed by atoms with van der Waals surface area (Å²) in [4.78, 5) is 18.2. The molecule has 152 valence electrons. The summed E-state index contributed by atoms with van der Waals surface area (Å²) in [6, 6.07) is 4.87. The van der Waals surface area contributed by atoms with Gasteiger partial charge in [-0.05, 0) is 30.4 Å². The minimum atomic E-state index is -0.00152. The average molecular weight is 394 g/mol. The lowest BCUT2D eigenvalue weighted by molar-refractivity contribution is -0.158. The summed E-state index contributed by atoms with van der Waals surface area (Å²) in [7, 11) is 3.35. The predicted molar refractivity (Wildman–Crippen MR) is 107 cm³/mol. The first kappa shape index (κ1) is 16.7. The van der Waals surface area contributed by atoms with Crippen molar-refractivity contribution in [3.63, 3.8) is 0 Å². The molecule has 4 fully saturated rings. The van der Waals surface area contributed by atoms with Crippen LogP contribution in [0.25, 0.3) is 0 Å². The van der Waals surface area contributed by atoms with Crippen LogP contribution in [0.5, 0.6) is 11.5 Å². The van der Waals surface area contributed by atoms with Gasteiger partial charge in [-0.15, -0.1) is 0 Å². The molecule has 6 nitrogen and oxygen atoms in total. The monoisotopic (exact) mass is 394 g/mol. The lowest BCUT2D eigenvalue weighted by atomic mass is 9.48. The molecule has 6 aliphatic rings. The van der Waals surface area contributed by atoms with E-state index in [0.717, 1.165) is 37.6 Å². The van der Waals surface area contributed by atoms with Gasteiger partial charge in [-0.1, -0.05) is 11.6 Å². The molecule has 5 heterocycles. The maximum Gasteiger partial charge on any atom is 0.229 e. The van der Waals surface area contributed by atoms with Gasteiger partial charge in [-0.2, -0.15) is 0 Å². The van der Waals surface area contributed by atoms with E-state index >= 15 is 0 Å². The van der Waals surface area contributed by atoms with E-state index in [1.54, 1.807) is 19.8 Å². The van der Waals surface area contributed by atoms with Crippen LogP contribution in [0.1, 0.15) is 24.8 Å². The zero-order valence-corrected chi connectivity index (χ0v) is 16.9. The highest BCUT2D eigenvalue weighted by Crippen LogP contribution is 2.67. The number of fused-ring (bicyclic) bond motifs is 2. The summed E-state index contributed by atoms with van der Waals surface area (Å²) in [5, 5.41) is 0. The van der Waals surface area contributed by atoms with E-state index in [4.69, 9.17) is 14.2 Å². The zero-order valence-electron chi connectivity index (χ0n) is 16.9. The maximum absolute atomic E-state index is 13.4. The molecule has 29 heavy (non-hydrogen) atoms. The van der Waals surface area contributed by atoms with Gasteiger partial charge in [-0.3, -0.25) is 9.69 Å². The summed E-state index contributed by atoms with van der Waals surface area (Å²) in [5.74, 6) is 2.57. The lowest BCUT2D eigenvalue weighted by Crippen LogP contribution is -2.81. The number of rotatable bonds is 2. The van der Waals surface area contributed by atoms with E-state index < -0.39 is 0 Å². The molecule has 6 heteroatoms. The Balaban J connectivity index is 1.49. The summed E-state index contributed by atoms with van der Waals surface area (Å²) in [6.07, 6.45) is 5.11. The molecule has 6 atom stereocenters. The summed E-state index contributed by atoms with van der Waals surface area (Å²) >= 11 is 0. The molecule has 1 aromatic carbocycles. The number of hydrogen-bond acceptors (Lipinski definition) is 5. The first-order valence-corrected chi connectivity index (χ1v) is 10.8. The number of ether oxygens (including phenoxy) is 3. The standard InChI is InChI=1S/C23H26N2O4/c1-27-16-7-14-15(8-17(16)28-2)25-20(26)9-18-21-13-6-19-23(14,22(21)25)11-24(19)10-12(13)4-3-5-29-18/h4,7-8,13,18-19,21-22H,3,5-6,9-11H2,1-2H3/t13-,18+,19-,21+,22-,23+/m1/s1. The summed E-state index contributed by atoms with van der Waals surface area (Å²) in [6.45, 7) is 2.83. The zero-order chi connectivity index (χ0) is 19.5. The number of hydrogen-bond donors (Lipinski definition) is 0. The predicted octanol–water partition coefficient (Wildman–Crippen LogP) is 2.11. The highest BCUT2D eigenvalue weighted by molar-refractivity contribution is 6.00. The number of piperidine rings is 2. The first-order chi connectivity index (χ1) is 14.2. The Labute approximate surface area is 170 Å². The summed E-state index contributed by atoms with van der Waals surface area (Å²) < 4.78 is 17.6. The number of amides is 1. The van der Waals surface area contributed by atoms with Crippen LogP contribution in [0.4, 0.5) is 5.69 Å². The smallest absolute Gasteiger partial charge is 0.229 e. The number of methoxy groups -OCH3 is 2. The second kappa shape index (κ2) is 5.35. The molecule has 1 aromatic rings. The molecule has 7 rings (SSSR count). The SMILES string of the molecule is COc1cc2c(cc1OC)[C@]13CN4CC5=CCCO[C@H]6CC(=O)N2[C@@H]1[C@H]6[C@@H]5C[C@@H]43. The van der Waals surface area contributed by atoms with Gasteiger partial charge < -0.3 is 19.1 Å². The van der Waals surface area contributed by atoms with E-state index in [1.807, 2.05) is 6.07 Å². The second-order valence-corrected chi connectivity index (χ2v) is 9.49. The minimum Gasteiger partial charge on any atom is -0.493 e. The second-order valence-electron chi connectivity index (χ2n) is 9.49. The Bertz CT molecular complexity index is 974. The Morgan fingerprint density at radius 2 is 2.03 bits per heavy atom. The molecular weight excluding hydrogens is 368 g/mol. The molecule has 0 aromatic heterocycles. The molecule has 0 radical (unpaired) electrons. The van der Waals surface area contributed by atoms with Crippen molar-refractivity contribution in [3.8, 4) is 11.5 Å². The van der Waals surface area contributed by atoms with Crippen molar-refractivity contribution in [1.29, 1.82) is 0 Å². The van der Waals surface area contributed by atoms with Crippen LogP contribution in [0.2, 0.25) is 0 Å². The fraction of sp³-hybridized carbons (Fsp3) is 0.609. The molecule has 1 amide bonds. The van der Waals surface area contributed by atoms with Gasteiger partial charge in [0, 0.05) is 36.5 Å². The van der Waals surface area contributed by atoms with E-state index in [-0.39, 0.29) is 23.5 Å². The highest BCUT2D eigenvalue weighted by atomic mass is 16.5. The van der Waals surface area contributed by atoms with Crippen LogP contribution in [0, 0.1) is 11.8 Å². The van der Waals surface area contributed by atoms with E-state index in [2.05, 4.69) is 21.9 Å². The van der Waals surface area contributed by atoms with Crippen LogP contribution < -0.4 is 14.4 Å². The van der Waals surface area contributed by atoms with Crippen molar-refractivity contribution in [1.82, 2.24) is 4.90 Å². The third kappa shape index (κ3) is 1.76. The van der Waals surface area contributed by atoms with Crippen molar-refractivity contribution in [2.45, 2.75) is 42.9 Å². The fourth-order valence-electron chi connectivity index (χ4n) is 7.72. The van der Waals surface area contributed by atoms with Crippen LogP contribution in [0.15, 0.2) is 23.8 Å². The quantitative estimate of drug-likeness (QED) is 0.719. The minimum absolute atomic E-state index is 0.00152. The van der Waals surface area contributed by atoms with Gasteiger partial charge in [0.1, 0.15) is 0 Å². The van der Waals surface area contributed by atoms with Gasteiger partial charge in [0.15, 0.2) is 11.5 Å². The number of nitrogens with zero attached hydrogens (tertiary/aromatic N) is 2. The maximum atomic E-state index is 13.4. The highest BCUT2D eigenvalue weighted by Gasteiger charge is 2.73. The molecule has 2 bridgehead atoms. The third-order valence-corrected chi connectivity index (χ3v) is 8.67. The van der Waals surface area contributed by atoms with Crippen molar-refractivity contribution in [3.05, 3.63) is 29.3 Å². The van der Waals surface area contributed by atoms with Crippen molar-refractivity contribution >= 4 is 11.6 Å². The Kier molecular flexibility index (Phi) is 3.08. The molecule has 0 N–H and O–H groups in total. The Morgan fingerprint density at radius 3 is 2.86 bits per heavy atom. The topological polar surface area (TPSA) is 51.2 Å². The molecule has 0 unspecified atom stereocenters. The largest absolute Gasteiger partial charge is 0.493 e. The number of carbonyl (C=O) groups is 1. The number of carbonyl (C=O) groups excluding carboxylic acids is 1. The molecular formula is C23H26N2O4. The van der Waals surface area contributed by atoms with E-state index in [0.29, 0.717) is 30.0 Å². The Hall–Kier alpha value is -2.05. The fourth-order valence-corrected chi connectivity index (χ4v) is 7.72. The molecule has 1 aliphatic carbocycles. The molecule has 3 saturated heterocycles. The number of benzene rings is 1. The lowest BCUT2D eigenvalue weighted by Gasteiger charge is -2.70.